The fourth-order valence-corrected chi connectivity index (χ4v) is 3.64. The molecule has 4 rings (SSSR count). The number of nitrogens with one attached hydrogen (secondary N) is 2. The predicted octanol–water partition coefficient (Wildman–Crippen LogP) is 4.27. The standard InChI is InChI=1S/C18H14F4N4O3S/c1-8-10-7-9(19)3-5-12(10)29-14(8)15(18(20,21)22)25-17-23-11-4-6-13(30(2,27)28)24-16(11)26-17/h3-7,15H,1-2H3,(H2,23,24,25,26)/t15-/m1/s1. The summed E-state index contributed by atoms with van der Waals surface area (Å²) in [7, 11) is -3.61. The van der Waals surface area contributed by atoms with Gasteiger partial charge in [-0.25, -0.2) is 17.8 Å². The van der Waals surface area contributed by atoms with E-state index in [-0.39, 0.29) is 38.7 Å². The fraction of sp³-hybridized carbons (Fsp3) is 0.222. The summed E-state index contributed by atoms with van der Waals surface area (Å²) in [5.74, 6) is -1.32. The van der Waals surface area contributed by atoms with Crippen LogP contribution in [0, 0.1) is 12.7 Å². The monoisotopic (exact) mass is 442 g/mol. The summed E-state index contributed by atoms with van der Waals surface area (Å²) in [6, 6.07) is 3.74. The van der Waals surface area contributed by atoms with Gasteiger partial charge in [-0.05, 0) is 37.3 Å². The molecule has 3 heterocycles. The third-order valence-corrected chi connectivity index (χ3v) is 5.49. The van der Waals surface area contributed by atoms with E-state index >= 15 is 0 Å². The molecule has 12 heteroatoms. The normalized spacial score (nSPS) is 13.8. The van der Waals surface area contributed by atoms with E-state index in [4.69, 9.17) is 4.42 Å². The number of aromatic nitrogens is 3. The van der Waals surface area contributed by atoms with Crippen molar-refractivity contribution < 1.29 is 30.4 Å². The molecule has 0 saturated heterocycles. The lowest BCUT2D eigenvalue weighted by molar-refractivity contribution is -0.147. The highest BCUT2D eigenvalue weighted by Crippen LogP contribution is 2.40. The third-order valence-electron chi connectivity index (χ3n) is 4.51. The molecule has 1 aromatic carbocycles. The number of nitrogens with zero attached hydrogens (tertiary/aromatic N) is 2. The Kier molecular flexibility index (Phi) is 4.49. The van der Waals surface area contributed by atoms with Crippen molar-refractivity contribution in [3.63, 3.8) is 0 Å². The number of H-pyrrole nitrogens is 1. The van der Waals surface area contributed by atoms with Crippen molar-refractivity contribution in [1.82, 2.24) is 15.0 Å². The van der Waals surface area contributed by atoms with E-state index in [0.29, 0.717) is 0 Å². The summed E-state index contributed by atoms with van der Waals surface area (Å²) in [5.41, 5.74) is 0.427. The average Bonchev–Trinajstić information content (AvgIpc) is 3.18. The molecule has 0 saturated carbocycles. The third kappa shape index (κ3) is 3.58. The van der Waals surface area contributed by atoms with E-state index in [2.05, 4.69) is 20.3 Å². The first-order chi connectivity index (χ1) is 13.9. The van der Waals surface area contributed by atoms with Crippen LogP contribution in [-0.2, 0) is 9.84 Å². The average molecular weight is 442 g/mol. The van der Waals surface area contributed by atoms with Gasteiger partial charge in [-0.15, -0.1) is 0 Å². The predicted molar refractivity (Wildman–Crippen MR) is 100 cm³/mol. The van der Waals surface area contributed by atoms with Crippen LogP contribution in [0.15, 0.2) is 39.8 Å². The molecule has 30 heavy (non-hydrogen) atoms. The number of halogens is 4. The quantitative estimate of drug-likeness (QED) is 0.458. The molecular weight excluding hydrogens is 428 g/mol. The zero-order valence-electron chi connectivity index (χ0n) is 15.5. The molecule has 0 aliphatic rings. The lowest BCUT2D eigenvalue weighted by Crippen LogP contribution is -2.28. The summed E-state index contributed by atoms with van der Waals surface area (Å²) >= 11 is 0. The Morgan fingerprint density at radius 1 is 1.17 bits per heavy atom. The first-order valence-electron chi connectivity index (χ1n) is 8.52. The van der Waals surface area contributed by atoms with Gasteiger partial charge in [0.05, 0.1) is 5.52 Å². The van der Waals surface area contributed by atoms with E-state index in [1.54, 1.807) is 0 Å². The highest BCUT2D eigenvalue weighted by atomic mass is 32.2. The van der Waals surface area contributed by atoms with Crippen molar-refractivity contribution in [3.8, 4) is 0 Å². The number of aryl methyl sites for hydroxylation is 1. The van der Waals surface area contributed by atoms with Gasteiger partial charge in [0.1, 0.15) is 17.2 Å². The van der Waals surface area contributed by atoms with Crippen LogP contribution in [0.2, 0.25) is 0 Å². The molecule has 0 radical (unpaired) electrons. The zero-order chi connectivity index (χ0) is 21.8. The first-order valence-corrected chi connectivity index (χ1v) is 10.4. The molecule has 0 bridgehead atoms. The number of fused-ring (bicyclic) bond motifs is 2. The topological polar surface area (TPSA) is 101 Å². The Labute approximate surface area is 167 Å². The van der Waals surface area contributed by atoms with Gasteiger partial charge in [-0.1, -0.05) is 0 Å². The Bertz CT molecular complexity index is 1380. The molecular formula is C18H14F4N4O3S. The molecule has 0 fully saturated rings. The van der Waals surface area contributed by atoms with Gasteiger partial charge < -0.3 is 14.7 Å². The van der Waals surface area contributed by atoms with Gasteiger partial charge in [0.15, 0.2) is 26.6 Å². The second kappa shape index (κ2) is 6.69. The van der Waals surface area contributed by atoms with Crippen molar-refractivity contribution in [2.24, 2.45) is 0 Å². The fourth-order valence-electron chi connectivity index (χ4n) is 3.07. The molecule has 0 aliphatic heterocycles. The van der Waals surface area contributed by atoms with Gasteiger partial charge in [0.25, 0.3) is 0 Å². The van der Waals surface area contributed by atoms with Gasteiger partial charge in [-0.3, -0.25) is 0 Å². The van der Waals surface area contributed by atoms with Crippen molar-refractivity contribution in [2.45, 2.75) is 24.2 Å². The SMILES string of the molecule is Cc1c([C@@H](Nc2nc3nc(S(C)(=O)=O)ccc3[nH]2)C(F)(F)F)oc2ccc(F)cc12. The minimum Gasteiger partial charge on any atom is -0.458 e. The van der Waals surface area contributed by atoms with E-state index in [9.17, 15) is 26.0 Å². The number of anilines is 1. The highest BCUT2D eigenvalue weighted by molar-refractivity contribution is 7.90. The van der Waals surface area contributed by atoms with Crippen molar-refractivity contribution in [1.29, 1.82) is 0 Å². The molecule has 0 aliphatic carbocycles. The minimum absolute atomic E-state index is 0.0650. The molecule has 0 spiro atoms. The Balaban J connectivity index is 1.77. The van der Waals surface area contributed by atoms with Crippen LogP contribution < -0.4 is 5.32 Å². The summed E-state index contributed by atoms with van der Waals surface area (Å²) in [4.78, 5) is 10.4. The molecule has 158 valence electrons. The smallest absolute Gasteiger partial charge is 0.415 e. The maximum absolute atomic E-state index is 13.8. The summed E-state index contributed by atoms with van der Waals surface area (Å²) < 4.78 is 83.6. The molecule has 0 unspecified atom stereocenters. The molecule has 1 atom stereocenters. The number of rotatable bonds is 4. The Morgan fingerprint density at radius 3 is 2.57 bits per heavy atom. The number of hydrogen-bond acceptors (Lipinski definition) is 6. The zero-order valence-corrected chi connectivity index (χ0v) is 16.3. The summed E-state index contributed by atoms with van der Waals surface area (Å²) in [6.45, 7) is 1.40. The lowest BCUT2D eigenvalue weighted by atomic mass is 10.1. The van der Waals surface area contributed by atoms with Crippen LogP contribution in [0.25, 0.3) is 22.1 Å². The van der Waals surface area contributed by atoms with Crippen molar-refractivity contribution in [2.75, 3.05) is 11.6 Å². The van der Waals surface area contributed by atoms with Crippen molar-refractivity contribution in [3.05, 3.63) is 47.5 Å². The molecule has 2 N–H and O–H groups in total. The summed E-state index contributed by atoms with van der Waals surface area (Å²) in [6.07, 6.45) is -3.82. The second-order valence-corrected chi connectivity index (χ2v) is 8.69. The lowest BCUT2D eigenvalue weighted by Gasteiger charge is -2.20. The number of furan rings is 1. The maximum atomic E-state index is 13.8. The number of aromatic amines is 1. The summed E-state index contributed by atoms with van der Waals surface area (Å²) in [5, 5.41) is 2.20. The maximum Gasteiger partial charge on any atom is 0.415 e. The van der Waals surface area contributed by atoms with Gasteiger partial charge in [-0.2, -0.15) is 18.2 Å². The molecule has 4 aromatic rings. The number of imidazole rings is 1. The Morgan fingerprint density at radius 2 is 1.90 bits per heavy atom. The number of sulfone groups is 1. The largest absolute Gasteiger partial charge is 0.458 e. The van der Waals surface area contributed by atoms with Crippen LogP contribution >= 0.6 is 0 Å². The number of pyridine rings is 1. The van der Waals surface area contributed by atoms with Crippen LogP contribution in [0.3, 0.4) is 0 Å². The van der Waals surface area contributed by atoms with Crippen LogP contribution in [-0.4, -0.2) is 35.8 Å². The van der Waals surface area contributed by atoms with Crippen LogP contribution in [0.4, 0.5) is 23.5 Å². The van der Waals surface area contributed by atoms with Gasteiger partial charge in [0, 0.05) is 17.2 Å². The van der Waals surface area contributed by atoms with E-state index in [0.717, 1.165) is 18.4 Å². The highest BCUT2D eigenvalue weighted by Gasteiger charge is 2.45. The van der Waals surface area contributed by atoms with Gasteiger partial charge in [0.2, 0.25) is 5.95 Å². The molecule has 7 nitrogen and oxygen atoms in total. The van der Waals surface area contributed by atoms with Crippen LogP contribution in [0.1, 0.15) is 17.4 Å². The second-order valence-electron chi connectivity index (χ2n) is 6.73. The van der Waals surface area contributed by atoms with E-state index in [1.807, 2.05) is 0 Å². The van der Waals surface area contributed by atoms with E-state index < -0.39 is 33.6 Å². The number of hydrogen-bond donors (Lipinski definition) is 2. The van der Waals surface area contributed by atoms with Gasteiger partial charge >= 0.3 is 6.18 Å². The van der Waals surface area contributed by atoms with Crippen molar-refractivity contribution >= 4 is 37.9 Å². The number of alkyl halides is 3. The first kappa shape index (κ1) is 20.1. The molecule has 3 aromatic heterocycles. The minimum atomic E-state index is -4.78. The molecule has 0 amide bonds. The number of benzene rings is 1. The van der Waals surface area contributed by atoms with Crippen LogP contribution in [0.5, 0.6) is 0 Å². The van der Waals surface area contributed by atoms with E-state index in [1.165, 1.54) is 25.1 Å². The Hall–Kier alpha value is -3.15.